The number of carbonyl (C=O) groups excluding carboxylic acids is 2. The van der Waals surface area contributed by atoms with Crippen LogP contribution in [-0.2, 0) is 9.59 Å². The second kappa shape index (κ2) is 7.72. The summed E-state index contributed by atoms with van der Waals surface area (Å²) in [7, 11) is 0. The minimum atomic E-state index is -0.291. The Morgan fingerprint density at radius 1 is 1.40 bits per heavy atom. The first-order chi connectivity index (χ1) is 9.19. The molecule has 20 heavy (non-hydrogen) atoms. The second-order valence-electron chi connectivity index (χ2n) is 4.36. The Balaban J connectivity index is 0.00000200. The maximum Gasteiger partial charge on any atom is 0.229 e. The number of ether oxygens (including phenoxy) is 1. The molecule has 1 atom stereocenters. The lowest BCUT2D eigenvalue weighted by Crippen LogP contribution is -2.24. The van der Waals surface area contributed by atoms with Crippen molar-refractivity contribution >= 4 is 29.9 Å². The van der Waals surface area contributed by atoms with Gasteiger partial charge in [-0.15, -0.1) is 12.4 Å². The van der Waals surface area contributed by atoms with Gasteiger partial charge in [-0.25, -0.2) is 0 Å². The lowest BCUT2D eigenvalue weighted by molar-refractivity contribution is -0.123. The SMILES string of the molecule is Cl.NCCOc1ccc(NC(=O)C2CNC(=O)C2)cc1. The number of carbonyl (C=O) groups is 2. The second-order valence-corrected chi connectivity index (χ2v) is 4.36. The van der Waals surface area contributed by atoms with Gasteiger partial charge >= 0.3 is 0 Å². The van der Waals surface area contributed by atoms with Crippen LogP contribution in [0.4, 0.5) is 5.69 Å². The molecule has 1 aliphatic heterocycles. The van der Waals surface area contributed by atoms with Gasteiger partial charge < -0.3 is 21.1 Å². The van der Waals surface area contributed by atoms with Crippen molar-refractivity contribution in [2.45, 2.75) is 6.42 Å². The van der Waals surface area contributed by atoms with E-state index < -0.39 is 0 Å². The van der Waals surface area contributed by atoms with Gasteiger partial charge in [0, 0.05) is 25.2 Å². The van der Waals surface area contributed by atoms with Gasteiger partial charge in [-0.3, -0.25) is 9.59 Å². The molecule has 0 spiro atoms. The molecule has 1 saturated heterocycles. The van der Waals surface area contributed by atoms with Crippen LogP contribution in [0.5, 0.6) is 5.75 Å². The highest BCUT2D eigenvalue weighted by Gasteiger charge is 2.27. The Morgan fingerprint density at radius 3 is 2.65 bits per heavy atom. The van der Waals surface area contributed by atoms with Crippen molar-refractivity contribution in [3.63, 3.8) is 0 Å². The zero-order chi connectivity index (χ0) is 13.7. The molecule has 2 amide bonds. The standard InChI is InChI=1S/C13H17N3O3.ClH/c14-5-6-19-11-3-1-10(2-4-11)16-13(18)9-7-12(17)15-8-9;/h1-4,9H,5-8,14H2,(H,15,17)(H,16,18);1H. The molecule has 1 aliphatic rings. The number of amides is 2. The number of benzene rings is 1. The summed E-state index contributed by atoms with van der Waals surface area (Å²) in [5.41, 5.74) is 6.02. The van der Waals surface area contributed by atoms with E-state index in [-0.39, 0.29) is 36.6 Å². The summed E-state index contributed by atoms with van der Waals surface area (Å²) in [6, 6.07) is 7.05. The number of hydrogen-bond donors (Lipinski definition) is 3. The maximum absolute atomic E-state index is 11.9. The summed E-state index contributed by atoms with van der Waals surface area (Å²) < 4.78 is 5.34. The van der Waals surface area contributed by atoms with Gasteiger partial charge in [-0.1, -0.05) is 0 Å². The molecule has 1 unspecified atom stereocenters. The van der Waals surface area contributed by atoms with E-state index in [9.17, 15) is 9.59 Å². The third kappa shape index (κ3) is 4.40. The predicted octanol–water partition coefficient (Wildman–Crippen LogP) is 0.520. The van der Waals surface area contributed by atoms with Crippen LogP contribution in [0, 0.1) is 5.92 Å². The molecular weight excluding hydrogens is 282 g/mol. The Morgan fingerprint density at radius 2 is 2.10 bits per heavy atom. The van der Waals surface area contributed by atoms with Crippen molar-refractivity contribution in [3.8, 4) is 5.75 Å². The Bertz CT molecular complexity index is 464. The third-order valence-corrected chi connectivity index (χ3v) is 2.86. The fourth-order valence-electron chi connectivity index (χ4n) is 1.85. The average molecular weight is 300 g/mol. The van der Waals surface area contributed by atoms with Gasteiger partial charge in [0.05, 0.1) is 5.92 Å². The number of rotatable bonds is 5. The molecule has 0 saturated carbocycles. The molecule has 0 radical (unpaired) electrons. The highest BCUT2D eigenvalue weighted by atomic mass is 35.5. The van der Waals surface area contributed by atoms with Gasteiger partial charge in [0.15, 0.2) is 0 Å². The molecule has 1 aromatic rings. The van der Waals surface area contributed by atoms with Crippen LogP contribution < -0.4 is 21.1 Å². The lowest BCUT2D eigenvalue weighted by atomic mass is 10.1. The fraction of sp³-hybridized carbons (Fsp3) is 0.385. The van der Waals surface area contributed by atoms with Gasteiger partial charge in [0.1, 0.15) is 12.4 Å². The predicted molar refractivity (Wildman–Crippen MR) is 78.0 cm³/mol. The van der Waals surface area contributed by atoms with Crippen molar-refractivity contribution < 1.29 is 14.3 Å². The summed E-state index contributed by atoms with van der Waals surface area (Å²) in [4.78, 5) is 22.9. The summed E-state index contributed by atoms with van der Waals surface area (Å²) >= 11 is 0. The molecule has 0 aliphatic carbocycles. The lowest BCUT2D eigenvalue weighted by Gasteiger charge is -2.10. The van der Waals surface area contributed by atoms with Crippen LogP contribution in [0.1, 0.15) is 6.42 Å². The largest absolute Gasteiger partial charge is 0.492 e. The number of nitrogens with one attached hydrogen (secondary N) is 2. The normalized spacial score (nSPS) is 17.1. The van der Waals surface area contributed by atoms with Crippen molar-refractivity contribution in [1.82, 2.24) is 5.32 Å². The van der Waals surface area contributed by atoms with Crippen LogP contribution in [-0.4, -0.2) is 31.5 Å². The van der Waals surface area contributed by atoms with E-state index in [0.29, 0.717) is 31.1 Å². The molecule has 0 aromatic heterocycles. The maximum atomic E-state index is 11.9. The molecule has 1 fully saturated rings. The summed E-state index contributed by atoms with van der Waals surface area (Å²) in [6.45, 7) is 1.32. The fourth-order valence-corrected chi connectivity index (χ4v) is 1.85. The summed E-state index contributed by atoms with van der Waals surface area (Å²) in [5.74, 6) is 0.196. The van der Waals surface area contributed by atoms with Crippen molar-refractivity contribution in [2.24, 2.45) is 11.7 Å². The molecular formula is C13H18ClN3O3. The van der Waals surface area contributed by atoms with E-state index in [2.05, 4.69) is 10.6 Å². The van der Waals surface area contributed by atoms with Crippen LogP contribution in [0.25, 0.3) is 0 Å². The Labute approximate surface area is 123 Å². The molecule has 110 valence electrons. The van der Waals surface area contributed by atoms with Gasteiger partial charge in [-0.05, 0) is 24.3 Å². The third-order valence-electron chi connectivity index (χ3n) is 2.86. The minimum Gasteiger partial charge on any atom is -0.492 e. The van der Waals surface area contributed by atoms with E-state index in [0.717, 1.165) is 0 Å². The quantitative estimate of drug-likeness (QED) is 0.739. The number of halogens is 1. The molecule has 2 rings (SSSR count). The van der Waals surface area contributed by atoms with Gasteiger partial charge in [-0.2, -0.15) is 0 Å². The van der Waals surface area contributed by atoms with Crippen molar-refractivity contribution in [3.05, 3.63) is 24.3 Å². The van der Waals surface area contributed by atoms with E-state index >= 15 is 0 Å². The van der Waals surface area contributed by atoms with E-state index in [1.165, 1.54) is 0 Å². The van der Waals surface area contributed by atoms with Gasteiger partial charge in [0.2, 0.25) is 11.8 Å². The number of nitrogens with two attached hydrogens (primary N) is 1. The van der Waals surface area contributed by atoms with Crippen LogP contribution >= 0.6 is 12.4 Å². The van der Waals surface area contributed by atoms with Gasteiger partial charge in [0.25, 0.3) is 0 Å². The van der Waals surface area contributed by atoms with Crippen LogP contribution in [0.2, 0.25) is 0 Å². The molecule has 0 bridgehead atoms. The number of anilines is 1. The van der Waals surface area contributed by atoms with E-state index in [4.69, 9.17) is 10.5 Å². The highest BCUT2D eigenvalue weighted by molar-refractivity contribution is 5.97. The minimum absolute atomic E-state index is 0. The van der Waals surface area contributed by atoms with Crippen LogP contribution in [0.3, 0.4) is 0 Å². The molecule has 7 heteroatoms. The molecule has 1 heterocycles. The Kier molecular flexibility index (Phi) is 6.27. The Hall–Kier alpha value is -1.79. The topological polar surface area (TPSA) is 93.4 Å². The monoisotopic (exact) mass is 299 g/mol. The first-order valence-electron chi connectivity index (χ1n) is 6.19. The molecule has 1 aromatic carbocycles. The summed E-state index contributed by atoms with van der Waals surface area (Å²) in [5, 5.41) is 5.41. The summed E-state index contributed by atoms with van der Waals surface area (Å²) in [6.07, 6.45) is 0.254. The average Bonchev–Trinajstić information content (AvgIpc) is 2.85. The first-order valence-corrected chi connectivity index (χ1v) is 6.19. The van der Waals surface area contributed by atoms with Crippen LogP contribution in [0.15, 0.2) is 24.3 Å². The van der Waals surface area contributed by atoms with Crippen molar-refractivity contribution in [2.75, 3.05) is 25.0 Å². The zero-order valence-electron chi connectivity index (χ0n) is 10.9. The van der Waals surface area contributed by atoms with E-state index in [1.54, 1.807) is 24.3 Å². The molecule has 4 N–H and O–H groups in total. The number of hydrogen-bond acceptors (Lipinski definition) is 4. The van der Waals surface area contributed by atoms with Crippen molar-refractivity contribution in [1.29, 1.82) is 0 Å². The van der Waals surface area contributed by atoms with E-state index in [1.807, 2.05) is 0 Å². The first kappa shape index (κ1) is 16.3. The molecule has 6 nitrogen and oxygen atoms in total. The highest BCUT2D eigenvalue weighted by Crippen LogP contribution is 2.17. The zero-order valence-corrected chi connectivity index (χ0v) is 11.7. The smallest absolute Gasteiger partial charge is 0.229 e.